The highest BCUT2D eigenvalue weighted by molar-refractivity contribution is 7.92. The molecule has 0 unspecified atom stereocenters. The third-order valence-electron chi connectivity index (χ3n) is 4.02. The van der Waals surface area contributed by atoms with Crippen LogP contribution in [0, 0.1) is 13.8 Å². The second kappa shape index (κ2) is 6.52. The van der Waals surface area contributed by atoms with Gasteiger partial charge < -0.3 is 5.73 Å². The van der Waals surface area contributed by atoms with Gasteiger partial charge in [-0.2, -0.15) is 0 Å². The van der Waals surface area contributed by atoms with E-state index in [1.165, 1.54) is 24.3 Å². The average molecular weight is 360 g/mol. The van der Waals surface area contributed by atoms with Crippen LogP contribution in [-0.2, 0) is 15.4 Å². The number of carbonyl (C=O) groups excluding carboxylic acids is 1. The lowest BCUT2D eigenvalue weighted by Gasteiger charge is -2.22. The largest absolute Gasteiger partial charge is 0.366 e. The molecule has 0 saturated heterocycles. The number of carbonyl (C=O) groups is 1. The highest BCUT2D eigenvalue weighted by atomic mass is 32.2. The second-order valence-corrected chi connectivity index (χ2v) is 8.86. The molecule has 0 saturated carbocycles. The Kier molecular flexibility index (Phi) is 4.95. The zero-order chi connectivity index (χ0) is 19.0. The van der Waals surface area contributed by atoms with Gasteiger partial charge in [0.15, 0.2) is 0 Å². The summed E-state index contributed by atoms with van der Waals surface area (Å²) in [6, 6.07) is 9.85. The van der Waals surface area contributed by atoms with Crippen molar-refractivity contribution >= 4 is 21.6 Å². The van der Waals surface area contributed by atoms with Gasteiger partial charge in [0.05, 0.1) is 4.90 Å². The Morgan fingerprint density at radius 1 is 1.00 bits per heavy atom. The molecule has 5 nitrogen and oxygen atoms in total. The van der Waals surface area contributed by atoms with Gasteiger partial charge in [-0.3, -0.25) is 9.52 Å². The van der Waals surface area contributed by atoms with E-state index in [0.29, 0.717) is 22.4 Å². The summed E-state index contributed by atoms with van der Waals surface area (Å²) in [5.41, 5.74) is 8.33. The number of amides is 1. The number of aryl methyl sites for hydroxylation is 2. The summed E-state index contributed by atoms with van der Waals surface area (Å²) >= 11 is 0. The van der Waals surface area contributed by atoms with Gasteiger partial charge in [0.25, 0.3) is 10.0 Å². The number of anilines is 1. The fraction of sp³-hybridized carbons (Fsp3) is 0.316. The monoisotopic (exact) mass is 360 g/mol. The molecule has 2 aromatic carbocycles. The number of primary amides is 1. The molecule has 0 aromatic heterocycles. The summed E-state index contributed by atoms with van der Waals surface area (Å²) in [6.45, 7) is 9.87. The van der Waals surface area contributed by atoms with Crippen molar-refractivity contribution in [1.29, 1.82) is 0 Å². The van der Waals surface area contributed by atoms with Crippen molar-refractivity contribution < 1.29 is 13.2 Å². The third kappa shape index (κ3) is 4.20. The number of nitrogens with one attached hydrogen (secondary N) is 1. The Labute approximate surface area is 149 Å². The Balaban J connectivity index is 2.41. The smallest absolute Gasteiger partial charge is 0.262 e. The number of hydrogen-bond acceptors (Lipinski definition) is 3. The molecule has 134 valence electrons. The van der Waals surface area contributed by atoms with Crippen LogP contribution >= 0.6 is 0 Å². The molecular weight excluding hydrogens is 336 g/mol. The van der Waals surface area contributed by atoms with Crippen molar-refractivity contribution in [3.05, 3.63) is 58.7 Å². The Morgan fingerprint density at radius 3 is 1.88 bits per heavy atom. The second-order valence-electron chi connectivity index (χ2n) is 7.24. The number of sulfonamides is 1. The molecule has 1 amide bonds. The maximum Gasteiger partial charge on any atom is 0.262 e. The normalized spacial score (nSPS) is 12.0. The Hall–Kier alpha value is -2.34. The predicted molar refractivity (Wildman–Crippen MR) is 100 cm³/mol. The topological polar surface area (TPSA) is 89.3 Å². The summed E-state index contributed by atoms with van der Waals surface area (Å²) in [7, 11) is -3.74. The average Bonchev–Trinajstić information content (AvgIpc) is 2.45. The van der Waals surface area contributed by atoms with Gasteiger partial charge in [0.2, 0.25) is 5.91 Å². The number of benzene rings is 2. The van der Waals surface area contributed by atoms with Crippen LogP contribution in [0.15, 0.2) is 41.3 Å². The van der Waals surface area contributed by atoms with Gasteiger partial charge in [-0.1, -0.05) is 32.9 Å². The Bertz CT molecular complexity index is 886. The first-order chi connectivity index (χ1) is 11.4. The molecule has 0 heterocycles. The van der Waals surface area contributed by atoms with Crippen LogP contribution in [0.4, 0.5) is 5.69 Å². The molecule has 3 N–H and O–H groups in total. The lowest BCUT2D eigenvalue weighted by Crippen LogP contribution is -2.18. The van der Waals surface area contributed by atoms with Gasteiger partial charge >= 0.3 is 0 Å². The van der Waals surface area contributed by atoms with Gasteiger partial charge in [0.1, 0.15) is 0 Å². The first-order valence-corrected chi connectivity index (χ1v) is 9.44. The first-order valence-electron chi connectivity index (χ1n) is 7.96. The molecule has 0 fully saturated rings. The van der Waals surface area contributed by atoms with Gasteiger partial charge in [-0.05, 0) is 60.2 Å². The van der Waals surface area contributed by atoms with E-state index in [1.54, 1.807) is 13.8 Å². The van der Waals surface area contributed by atoms with E-state index in [2.05, 4.69) is 25.5 Å². The van der Waals surface area contributed by atoms with Crippen molar-refractivity contribution in [2.75, 3.05) is 4.72 Å². The molecule has 25 heavy (non-hydrogen) atoms. The zero-order valence-electron chi connectivity index (χ0n) is 15.2. The molecule has 0 radical (unpaired) electrons. The van der Waals surface area contributed by atoms with E-state index in [-0.39, 0.29) is 10.3 Å². The molecule has 0 spiro atoms. The van der Waals surface area contributed by atoms with Crippen LogP contribution in [0.5, 0.6) is 0 Å². The number of hydrogen-bond donors (Lipinski definition) is 2. The Morgan fingerprint density at radius 2 is 1.48 bits per heavy atom. The van der Waals surface area contributed by atoms with Crippen LogP contribution in [0.2, 0.25) is 0 Å². The standard InChI is InChI=1S/C19H24N2O3S/c1-12-10-15(19(3,4)5)11-13(2)17(12)25(23,24)21-16-8-6-14(7-9-16)18(20)22/h6-11,21H,1-5H3,(H2,20,22). The van der Waals surface area contributed by atoms with Crippen LogP contribution in [0.1, 0.15) is 47.8 Å². The lowest BCUT2D eigenvalue weighted by molar-refractivity contribution is 0.100. The van der Waals surface area contributed by atoms with Crippen LogP contribution < -0.4 is 10.5 Å². The van der Waals surface area contributed by atoms with E-state index < -0.39 is 15.9 Å². The minimum absolute atomic E-state index is 0.0597. The third-order valence-corrected chi connectivity index (χ3v) is 5.70. The molecule has 0 aliphatic heterocycles. The van der Waals surface area contributed by atoms with Crippen molar-refractivity contribution in [3.63, 3.8) is 0 Å². The lowest BCUT2D eigenvalue weighted by atomic mass is 9.85. The maximum absolute atomic E-state index is 12.8. The molecule has 0 aliphatic rings. The minimum atomic E-state index is -3.74. The van der Waals surface area contributed by atoms with Crippen molar-refractivity contribution in [2.24, 2.45) is 5.73 Å². The van der Waals surface area contributed by atoms with Crippen LogP contribution in [0.3, 0.4) is 0 Å². The number of rotatable bonds is 4. The molecule has 2 rings (SSSR count). The van der Waals surface area contributed by atoms with Crippen molar-refractivity contribution in [3.8, 4) is 0 Å². The quantitative estimate of drug-likeness (QED) is 0.874. The van der Waals surface area contributed by atoms with E-state index in [0.717, 1.165) is 5.56 Å². The van der Waals surface area contributed by atoms with Gasteiger partial charge in [-0.15, -0.1) is 0 Å². The fourth-order valence-electron chi connectivity index (χ4n) is 2.72. The molecule has 2 aromatic rings. The molecular formula is C19H24N2O3S. The van der Waals surface area contributed by atoms with Gasteiger partial charge in [0, 0.05) is 11.3 Å². The van der Waals surface area contributed by atoms with Crippen molar-refractivity contribution in [1.82, 2.24) is 0 Å². The number of nitrogens with two attached hydrogens (primary N) is 1. The minimum Gasteiger partial charge on any atom is -0.366 e. The molecule has 0 atom stereocenters. The summed E-state index contributed by atoms with van der Waals surface area (Å²) in [5, 5.41) is 0. The summed E-state index contributed by atoms with van der Waals surface area (Å²) in [4.78, 5) is 11.4. The SMILES string of the molecule is Cc1cc(C(C)(C)C)cc(C)c1S(=O)(=O)Nc1ccc(C(N)=O)cc1. The first kappa shape index (κ1) is 19.0. The fourth-order valence-corrected chi connectivity index (χ4v) is 4.23. The molecule has 6 heteroatoms. The van der Waals surface area contributed by atoms with E-state index in [4.69, 9.17) is 5.73 Å². The highest BCUT2D eigenvalue weighted by Crippen LogP contribution is 2.30. The zero-order valence-corrected chi connectivity index (χ0v) is 16.0. The summed E-state index contributed by atoms with van der Waals surface area (Å²) in [5.74, 6) is -0.557. The van der Waals surface area contributed by atoms with Crippen LogP contribution in [-0.4, -0.2) is 14.3 Å². The van der Waals surface area contributed by atoms with E-state index in [1.807, 2.05) is 12.1 Å². The van der Waals surface area contributed by atoms with Crippen molar-refractivity contribution in [2.45, 2.75) is 44.9 Å². The van der Waals surface area contributed by atoms with E-state index in [9.17, 15) is 13.2 Å². The maximum atomic E-state index is 12.8. The summed E-state index contributed by atoms with van der Waals surface area (Å²) in [6.07, 6.45) is 0. The predicted octanol–water partition coefficient (Wildman–Crippen LogP) is 3.50. The molecule has 0 bridgehead atoms. The van der Waals surface area contributed by atoms with Gasteiger partial charge in [-0.25, -0.2) is 8.42 Å². The molecule has 0 aliphatic carbocycles. The highest BCUT2D eigenvalue weighted by Gasteiger charge is 2.23. The van der Waals surface area contributed by atoms with E-state index >= 15 is 0 Å². The van der Waals surface area contributed by atoms with Crippen LogP contribution in [0.25, 0.3) is 0 Å². The summed E-state index contributed by atoms with van der Waals surface area (Å²) < 4.78 is 28.2.